The molecule has 0 amide bonds. The number of rotatable bonds is 6. The topological polar surface area (TPSA) is 34.1 Å². The van der Waals surface area contributed by atoms with Gasteiger partial charge >= 0.3 is 6.18 Å². The van der Waals surface area contributed by atoms with Crippen molar-refractivity contribution in [1.82, 2.24) is 10.3 Å². The molecule has 2 aromatic heterocycles. The van der Waals surface area contributed by atoms with E-state index in [9.17, 15) is 13.2 Å². The molecule has 0 saturated heterocycles. The van der Waals surface area contributed by atoms with Crippen molar-refractivity contribution in [2.24, 2.45) is 0 Å². The minimum atomic E-state index is -4.40. The highest BCUT2D eigenvalue weighted by atomic mass is 32.1. The van der Waals surface area contributed by atoms with Gasteiger partial charge < -0.3 is 10.1 Å². The third-order valence-corrected chi connectivity index (χ3v) is 4.85. The molecule has 3 nitrogen and oxygen atoms in total. The van der Waals surface area contributed by atoms with Crippen molar-refractivity contribution in [2.45, 2.75) is 25.6 Å². The van der Waals surface area contributed by atoms with Crippen LogP contribution in [0.1, 0.15) is 34.1 Å². The molecule has 8 heteroatoms. The number of thiophene rings is 1. The summed E-state index contributed by atoms with van der Waals surface area (Å²) in [6.07, 6.45) is -2.21. The third-order valence-electron chi connectivity index (χ3n) is 2.76. The average Bonchev–Trinajstić information content (AvgIpc) is 3.07. The van der Waals surface area contributed by atoms with Gasteiger partial charge in [0.1, 0.15) is 5.75 Å². The van der Waals surface area contributed by atoms with Crippen LogP contribution in [0.3, 0.4) is 0 Å². The van der Waals surface area contributed by atoms with Crippen LogP contribution in [0, 0.1) is 0 Å². The van der Waals surface area contributed by atoms with Crippen LogP contribution in [-0.2, 0) is 6.18 Å². The van der Waals surface area contributed by atoms with Crippen molar-refractivity contribution in [1.29, 1.82) is 0 Å². The van der Waals surface area contributed by atoms with Crippen molar-refractivity contribution in [3.05, 3.63) is 32.4 Å². The maximum atomic E-state index is 12.7. The van der Waals surface area contributed by atoms with Crippen molar-refractivity contribution in [2.75, 3.05) is 13.7 Å². The molecule has 1 unspecified atom stereocenters. The second kappa shape index (κ2) is 6.76. The van der Waals surface area contributed by atoms with Crippen LogP contribution in [0.4, 0.5) is 13.2 Å². The van der Waals surface area contributed by atoms with Gasteiger partial charge in [0, 0.05) is 21.3 Å². The highest BCUT2D eigenvalue weighted by molar-refractivity contribution is 7.12. The van der Waals surface area contributed by atoms with Gasteiger partial charge in [-0.2, -0.15) is 13.2 Å². The van der Waals surface area contributed by atoms with E-state index in [-0.39, 0.29) is 6.04 Å². The molecule has 0 aromatic carbocycles. The number of hydrogen-bond acceptors (Lipinski definition) is 5. The van der Waals surface area contributed by atoms with Gasteiger partial charge in [-0.1, -0.05) is 6.92 Å². The standard InChI is InChI=1S/C13H15F3N2OS2/c1-3-4-17-11(9-5-8(19-2)7-20-9)10-6-18-12(21-10)13(14,15)16/h5-7,11,17H,3-4H2,1-2H3. The number of aromatic nitrogens is 1. The monoisotopic (exact) mass is 336 g/mol. The molecule has 21 heavy (non-hydrogen) atoms. The lowest BCUT2D eigenvalue weighted by Gasteiger charge is -2.14. The van der Waals surface area contributed by atoms with Crippen LogP contribution in [0.5, 0.6) is 5.75 Å². The van der Waals surface area contributed by atoms with Gasteiger partial charge in [-0.05, 0) is 19.0 Å². The Balaban J connectivity index is 2.29. The summed E-state index contributed by atoms with van der Waals surface area (Å²) in [6, 6.07) is 1.55. The highest BCUT2D eigenvalue weighted by Crippen LogP contribution is 2.38. The maximum Gasteiger partial charge on any atom is 0.443 e. The largest absolute Gasteiger partial charge is 0.496 e. The Kier molecular flexibility index (Phi) is 5.23. The summed E-state index contributed by atoms with van der Waals surface area (Å²) in [5.41, 5.74) is 0. The molecular formula is C13H15F3N2OS2. The number of ether oxygens (including phenoxy) is 1. The van der Waals surface area contributed by atoms with E-state index in [1.807, 2.05) is 18.4 Å². The van der Waals surface area contributed by atoms with Crippen LogP contribution >= 0.6 is 22.7 Å². The number of nitrogens with zero attached hydrogens (tertiary/aromatic N) is 1. The van der Waals surface area contributed by atoms with E-state index in [0.29, 0.717) is 28.5 Å². The first-order valence-corrected chi connectivity index (χ1v) is 8.04. The van der Waals surface area contributed by atoms with Crippen LogP contribution in [-0.4, -0.2) is 18.6 Å². The molecule has 116 valence electrons. The second-order valence-corrected chi connectivity index (χ2v) is 6.35. The van der Waals surface area contributed by atoms with Crippen molar-refractivity contribution in [3.63, 3.8) is 0 Å². The Morgan fingerprint density at radius 2 is 2.14 bits per heavy atom. The molecule has 1 atom stereocenters. The van der Waals surface area contributed by atoms with Crippen LogP contribution < -0.4 is 10.1 Å². The number of methoxy groups -OCH3 is 1. The fourth-order valence-corrected chi connectivity index (χ4v) is 3.67. The quantitative estimate of drug-likeness (QED) is 0.853. The van der Waals surface area contributed by atoms with E-state index >= 15 is 0 Å². The first kappa shape index (κ1) is 16.3. The number of thiazole rings is 1. The van der Waals surface area contributed by atoms with Gasteiger partial charge in [-0.15, -0.1) is 22.7 Å². The van der Waals surface area contributed by atoms with Gasteiger partial charge in [-0.3, -0.25) is 0 Å². The molecular weight excluding hydrogens is 321 g/mol. The summed E-state index contributed by atoms with van der Waals surface area (Å²) in [4.78, 5) is 4.97. The van der Waals surface area contributed by atoms with E-state index in [0.717, 1.165) is 11.3 Å². The van der Waals surface area contributed by atoms with Crippen molar-refractivity contribution < 1.29 is 17.9 Å². The Labute approximate surface area is 128 Å². The second-order valence-electron chi connectivity index (χ2n) is 4.34. The zero-order valence-electron chi connectivity index (χ0n) is 11.5. The van der Waals surface area contributed by atoms with E-state index in [1.165, 1.54) is 17.5 Å². The van der Waals surface area contributed by atoms with E-state index in [4.69, 9.17) is 4.74 Å². The molecule has 1 N–H and O–H groups in total. The maximum absolute atomic E-state index is 12.7. The Morgan fingerprint density at radius 1 is 1.38 bits per heavy atom. The molecule has 0 bridgehead atoms. The highest BCUT2D eigenvalue weighted by Gasteiger charge is 2.35. The predicted molar refractivity (Wildman–Crippen MR) is 78.1 cm³/mol. The summed E-state index contributed by atoms with van der Waals surface area (Å²) >= 11 is 2.13. The fourth-order valence-electron chi connectivity index (χ4n) is 1.77. The van der Waals surface area contributed by atoms with E-state index < -0.39 is 11.2 Å². The molecule has 0 aliphatic carbocycles. The minimum absolute atomic E-state index is 0.285. The summed E-state index contributed by atoms with van der Waals surface area (Å²) in [5.74, 6) is 0.707. The number of nitrogens with one attached hydrogen (secondary N) is 1. The normalized spacial score (nSPS) is 13.4. The molecule has 2 rings (SSSR count). The fraction of sp³-hybridized carbons (Fsp3) is 0.462. The van der Waals surface area contributed by atoms with Gasteiger partial charge in [0.2, 0.25) is 0 Å². The Morgan fingerprint density at radius 3 is 2.67 bits per heavy atom. The van der Waals surface area contributed by atoms with Crippen LogP contribution in [0.15, 0.2) is 17.6 Å². The minimum Gasteiger partial charge on any atom is -0.496 e. The lowest BCUT2D eigenvalue weighted by molar-refractivity contribution is -0.137. The van der Waals surface area contributed by atoms with Crippen LogP contribution in [0.25, 0.3) is 0 Å². The first-order valence-electron chi connectivity index (χ1n) is 6.34. The molecule has 0 aliphatic rings. The Bertz CT molecular complexity index is 580. The van der Waals surface area contributed by atoms with Crippen LogP contribution in [0.2, 0.25) is 0 Å². The van der Waals surface area contributed by atoms with E-state index in [2.05, 4.69) is 10.3 Å². The summed E-state index contributed by atoms with van der Waals surface area (Å²) in [7, 11) is 1.56. The number of hydrogen-bond donors (Lipinski definition) is 1. The zero-order chi connectivity index (χ0) is 15.5. The van der Waals surface area contributed by atoms with Gasteiger partial charge in [0.05, 0.1) is 13.2 Å². The predicted octanol–water partition coefficient (Wildman–Crippen LogP) is 4.32. The van der Waals surface area contributed by atoms with Crippen molar-refractivity contribution in [3.8, 4) is 5.75 Å². The van der Waals surface area contributed by atoms with E-state index in [1.54, 1.807) is 7.11 Å². The smallest absolute Gasteiger partial charge is 0.443 e. The summed E-state index contributed by atoms with van der Waals surface area (Å²) in [5, 5.41) is 4.28. The molecule has 0 aliphatic heterocycles. The van der Waals surface area contributed by atoms with Crippen molar-refractivity contribution >= 4 is 22.7 Å². The zero-order valence-corrected chi connectivity index (χ0v) is 13.2. The average molecular weight is 336 g/mol. The number of halogens is 3. The molecule has 0 saturated carbocycles. The molecule has 0 radical (unpaired) electrons. The van der Waals surface area contributed by atoms with Gasteiger partial charge in [0.15, 0.2) is 5.01 Å². The molecule has 2 aromatic rings. The number of alkyl halides is 3. The molecule has 2 heterocycles. The van der Waals surface area contributed by atoms with Gasteiger partial charge in [-0.25, -0.2) is 4.98 Å². The summed E-state index contributed by atoms with van der Waals surface area (Å²) < 4.78 is 43.2. The third kappa shape index (κ3) is 3.96. The SMILES string of the molecule is CCCNC(c1cc(OC)cs1)c1cnc(C(F)(F)F)s1. The summed E-state index contributed by atoms with van der Waals surface area (Å²) in [6.45, 7) is 2.72. The molecule has 0 fully saturated rings. The van der Waals surface area contributed by atoms with Gasteiger partial charge in [0.25, 0.3) is 0 Å². The Hall–Kier alpha value is -1.12. The lowest BCUT2D eigenvalue weighted by atomic mass is 10.2. The lowest BCUT2D eigenvalue weighted by Crippen LogP contribution is -2.21. The molecule has 0 spiro atoms. The first-order chi connectivity index (χ1) is 9.95.